The zero-order chi connectivity index (χ0) is 8.27. The van der Waals surface area contributed by atoms with Crippen LogP contribution in [0, 0.1) is 0 Å². The van der Waals surface area contributed by atoms with Crippen molar-refractivity contribution in [1.29, 1.82) is 0 Å². The van der Waals surface area contributed by atoms with Crippen LogP contribution in [-0.2, 0) is 14.0 Å². The normalized spacial score (nSPS) is 38.1. The average molecular weight is 174 g/mol. The lowest BCUT2D eigenvalue weighted by molar-refractivity contribution is 0.00937. The van der Waals surface area contributed by atoms with Gasteiger partial charge in [-0.2, -0.15) is 0 Å². The first-order valence-electron chi connectivity index (χ1n) is 3.21. The summed E-state index contributed by atoms with van der Waals surface area (Å²) in [4.78, 5) is 0. The van der Waals surface area contributed by atoms with E-state index in [2.05, 4.69) is 0 Å². The first-order valence-corrected chi connectivity index (χ1v) is 4.21. The number of rotatable bonds is 3. The van der Waals surface area contributed by atoms with Gasteiger partial charge in [-0.15, -0.1) is 0 Å². The van der Waals surface area contributed by atoms with Crippen molar-refractivity contribution in [2.75, 3.05) is 13.0 Å². The van der Waals surface area contributed by atoms with E-state index in [1.54, 1.807) is 0 Å². The molecule has 0 aromatic heterocycles. The number of hydrogen-bond acceptors (Lipinski definition) is 4. The topological polar surface area (TPSA) is 55.8 Å². The van der Waals surface area contributed by atoms with Gasteiger partial charge in [-0.05, 0) is 0 Å². The van der Waals surface area contributed by atoms with Gasteiger partial charge in [0.25, 0.3) is 0 Å². The minimum atomic E-state index is -0.809. The Morgan fingerprint density at radius 1 is 1.82 bits per heavy atom. The van der Waals surface area contributed by atoms with Crippen LogP contribution in [-0.4, -0.2) is 44.1 Å². The lowest BCUT2D eigenvalue weighted by atomic mass is 9.94. The molecule has 0 aliphatic carbocycles. The molecule has 0 aromatic carbocycles. The fourth-order valence-electron chi connectivity index (χ4n) is 0.888. The summed E-state index contributed by atoms with van der Waals surface area (Å²) in [5.41, 5.74) is 0. The van der Waals surface area contributed by atoms with Crippen LogP contribution in [0.4, 0.5) is 0 Å². The Kier molecular flexibility index (Phi) is 3.46. The summed E-state index contributed by atoms with van der Waals surface area (Å²) in [6.45, 7) is 0.262. The molecule has 6 heteroatoms. The second-order valence-corrected chi connectivity index (χ2v) is 2.77. The van der Waals surface area contributed by atoms with Gasteiger partial charge in [0.1, 0.15) is 20.3 Å². The molecule has 0 amide bonds. The van der Waals surface area contributed by atoms with E-state index in [4.69, 9.17) is 17.3 Å². The molecule has 60 valence electrons. The highest BCUT2D eigenvalue weighted by Gasteiger charge is 2.32. The first kappa shape index (κ1) is 9.14. The SMILES string of the molecule is [B][C@@H]1OC[C@H](OCP=O)[C@@H]1O. The molecule has 1 N–H and O–H groups in total. The van der Waals surface area contributed by atoms with Crippen LogP contribution in [0.3, 0.4) is 0 Å². The Hall–Kier alpha value is 0.0449. The van der Waals surface area contributed by atoms with Gasteiger partial charge in [0.2, 0.25) is 0 Å². The van der Waals surface area contributed by atoms with Crippen LogP contribution in [0.5, 0.6) is 0 Å². The average Bonchev–Trinajstić information content (AvgIpc) is 2.31. The second kappa shape index (κ2) is 4.17. The van der Waals surface area contributed by atoms with Crippen molar-refractivity contribution in [2.45, 2.75) is 18.2 Å². The number of ether oxygens (including phenoxy) is 2. The number of aliphatic hydroxyl groups is 1. The fraction of sp³-hybridized carbons (Fsp3) is 1.00. The molecule has 1 fully saturated rings. The summed E-state index contributed by atoms with van der Waals surface area (Å²) >= 11 is 0. The molecule has 1 rings (SSSR count). The molecule has 0 unspecified atom stereocenters. The highest BCUT2D eigenvalue weighted by molar-refractivity contribution is 7.23. The molecule has 1 aliphatic rings. The van der Waals surface area contributed by atoms with Crippen LogP contribution >= 0.6 is 8.46 Å². The fourth-order valence-corrected chi connectivity index (χ4v) is 1.14. The molecule has 0 spiro atoms. The molecule has 0 aromatic rings. The summed E-state index contributed by atoms with van der Waals surface area (Å²) in [6, 6.07) is -0.677. The van der Waals surface area contributed by atoms with Gasteiger partial charge < -0.3 is 14.6 Å². The quantitative estimate of drug-likeness (QED) is 0.463. The van der Waals surface area contributed by atoms with E-state index in [-0.39, 0.29) is 21.4 Å². The van der Waals surface area contributed by atoms with Crippen molar-refractivity contribution in [3.8, 4) is 0 Å². The van der Waals surface area contributed by atoms with Crippen LogP contribution < -0.4 is 0 Å². The predicted octanol–water partition coefficient (Wildman–Crippen LogP) is -0.494. The van der Waals surface area contributed by atoms with Crippen molar-refractivity contribution in [3.63, 3.8) is 0 Å². The maximum Gasteiger partial charge on any atom is 0.183 e. The lowest BCUT2D eigenvalue weighted by Gasteiger charge is -2.13. The van der Waals surface area contributed by atoms with Gasteiger partial charge in [0, 0.05) is 6.00 Å². The molecule has 1 saturated heterocycles. The monoisotopic (exact) mass is 174 g/mol. The van der Waals surface area contributed by atoms with Crippen LogP contribution in [0.2, 0.25) is 0 Å². The summed E-state index contributed by atoms with van der Waals surface area (Å²) in [5, 5.41) is 9.20. The van der Waals surface area contributed by atoms with E-state index in [0.29, 0.717) is 0 Å². The molecule has 4 nitrogen and oxygen atoms in total. The van der Waals surface area contributed by atoms with Crippen molar-refractivity contribution < 1.29 is 19.1 Å². The third kappa shape index (κ3) is 2.24. The molecule has 1 aliphatic heterocycles. The Morgan fingerprint density at radius 3 is 3.00 bits per heavy atom. The van der Waals surface area contributed by atoms with Crippen LogP contribution in [0.25, 0.3) is 0 Å². The maximum atomic E-state index is 9.97. The van der Waals surface area contributed by atoms with Gasteiger partial charge >= 0.3 is 0 Å². The molecule has 2 radical (unpaired) electrons. The van der Waals surface area contributed by atoms with Crippen molar-refractivity contribution in [1.82, 2.24) is 0 Å². The van der Waals surface area contributed by atoms with Gasteiger partial charge in [0.05, 0.1) is 12.7 Å². The molecular weight excluding hydrogens is 166 g/mol. The van der Waals surface area contributed by atoms with Crippen molar-refractivity contribution in [3.05, 3.63) is 0 Å². The summed E-state index contributed by atoms with van der Waals surface area (Å²) in [5.74, 6) is 0. The molecular formula is C5H8BO4P. The predicted molar refractivity (Wildman–Crippen MR) is 38.8 cm³/mol. The summed E-state index contributed by atoms with van der Waals surface area (Å²) in [7, 11) is 5.21. The standard InChI is InChI=1S/C5H8BO4P/c6-5-4(7)3(1-9-5)10-2-11-8/h3-5,7H,1-2H2/t3-,4-,5+/m0/s1. The minimum Gasteiger partial charge on any atom is -0.388 e. The van der Waals surface area contributed by atoms with E-state index in [1.165, 1.54) is 0 Å². The van der Waals surface area contributed by atoms with Crippen LogP contribution in [0.1, 0.15) is 0 Å². The Bertz CT molecular complexity index is 144. The van der Waals surface area contributed by atoms with Gasteiger partial charge in [-0.1, -0.05) is 0 Å². The Balaban J connectivity index is 2.29. The highest BCUT2D eigenvalue weighted by atomic mass is 31.1. The van der Waals surface area contributed by atoms with Gasteiger partial charge in [-0.25, -0.2) is 0 Å². The highest BCUT2D eigenvalue weighted by Crippen LogP contribution is 2.15. The van der Waals surface area contributed by atoms with Crippen molar-refractivity contribution in [2.24, 2.45) is 0 Å². The molecule has 11 heavy (non-hydrogen) atoms. The second-order valence-electron chi connectivity index (χ2n) is 2.25. The zero-order valence-electron chi connectivity index (χ0n) is 5.84. The molecule has 0 bridgehead atoms. The Morgan fingerprint density at radius 2 is 2.55 bits per heavy atom. The first-order chi connectivity index (χ1) is 5.25. The molecule has 0 saturated carbocycles. The lowest BCUT2D eigenvalue weighted by Crippen LogP contribution is -2.32. The van der Waals surface area contributed by atoms with E-state index in [9.17, 15) is 9.67 Å². The largest absolute Gasteiger partial charge is 0.388 e. The van der Waals surface area contributed by atoms with Gasteiger partial charge in [-0.3, -0.25) is 4.57 Å². The number of hydrogen-bond donors (Lipinski definition) is 1. The molecule has 3 atom stereocenters. The van der Waals surface area contributed by atoms with E-state index < -0.39 is 18.2 Å². The van der Waals surface area contributed by atoms with Gasteiger partial charge in [0.15, 0.2) is 8.46 Å². The molecule has 1 heterocycles. The third-order valence-electron chi connectivity index (χ3n) is 1.51. The summed E-state index contributed by atoms with van der Waals surface area (Å²) in [6.07, 6.45) is -1.18. The third-order valence-corrected chi connectivity index (χ3v) is 1.77. The van der Waals surface area contributed by atoms with Crippen molar-refractivity contribution >= 4 is 16.3 Å². The summed E-state index contributed by atoms with van der Waals surface area (Å²) < 4.78 is 19.8. The Labute approximate surface area is 67.5 Å². The van der Waals surface area contributed by atoms with E-state index in [0.717, 1.165) is 0 Å². The van der Waals surface area contributed by atoms with E-state index >= 15 is 0 Å². The maximum absolute atomic E-state index is 9.97. The number of aliphatic hydroxyl groups excluding tert-OH is 1. The van der Waals surface area contributed by atoms with Crippen LogP contribution in [0.15, 0.2) is 0 Å². The van der Waals surface area contributed by atoms with E-state index in [1.807, 2.05) is 0 Å². The zero-order valence-corrected chi connectivity index (χ0v) is 6.74. The smallest absolute Gasteiger partial charge is 0.183 e. The minimum absolute atomic E-state index is 0.0673.